The first kappa shape index (κ1) is 18.3. The van der Waals surface area contributed by atoms with Gasteiger partial charge in [0.25, 0.3) is 0 Å². The summed E-state index contributed by atoms with van der Waals surface area (Å²) < 4.78 is 28.8. The second kappa shape index (κ2) is 7.83. The number of para-hydroxylation sites is 1. The van der Waals surface area contributed by atoms with Crippen LogP contribution in [0, 0.1) is 0 Å². The summed E-state index contributed by atoms with van der Waals surface area (Å²) >= 11 is 0. The number of alkyl halides is 2. The number of carbonyl (C=O) groups excluding carboxylic acids is 1. The SMILES string of the molecule is CC(C(=O)N1CCc2ccccc21)N(C)Cc1ccc(OC(F)F)cc1. The van der Waals surface area contributed by atoms with Gasteiger partial charge in [0, 0.05) is 18.8 Å². The van der Waals surface area contributed by atoms with Gasteiger partial charge in [0.1, 0.15) is 5.75 Å². The van der Waals surface area contributed by atoms with Crippen molar-refractivity contribution >= 4 is 11.6 Å². The van der Waals surface area contributed by atoms with Crippen LogP contribution in [0.3, 0.4) is 0 Å². The van der Waals surface area contributed by atoms with E-state index in [4.69, 9.17) is 0 Å². The maximum absolute atomic E-state index is 12.9. The highest BCUT2D eigenvalue weighted by molar-refractivity contribution is 5.98. The van der Waals surface area contributed by atoms with Gasteiger partial charge < -0.3 is 9.64 Å². The highest BCUT2D eigenvalue weighted by atomic mass is 19.3. The highest BCUT2D eigenvalue weighted by Gasteiger charge is 2.29. The van der Waals surface area contributed by atoms with Gasteiger partial charge in [-0.1, -0.05) is 30.3 Å². The van der Waals surface area contributed by atoms with Crippen LogP contribution in [0.2, 0.25) is 0 Å². The van der Waals surface area contributed by atoms with E-state index in [1.54, 1.807) is 12.1 Å². The summed E-state index contributed by atoms with van der Waals surface area (Å²) in [7, 11) is 1.88. The third-order valence-corrected chi connectivity index (χ3v) is 4.75. The molecule has 2 aromatic carbocycles. The molecule has 0 bridgehead atoms. The lowest BCUT2D eigenvalue weighted by Gasteiger charge is -2.28. The van der Waals surface area contributed by atoms with E-state index in [0.29, 0.717) is 13.1 Å². The average Bonchev–Trinajstić information content (AvgIpc) is 3.05. The Morgan fingerprint density at radius 3 is 2.58 bits per heavy atom. The number of rotatable bonds is 6. The van der Waals surface area contributed by atoms with Gasteiger partial charge in [-0.25, -0.2) is 0 Å². The summed E-state index contributed by atoms with van der Waals surface area (Å²) in [5.74, 6) is 0.194. The summed E-state index contributed by atoms with van der Waals surface area (Å²) in [5.41, 5.74) is 3.12. The molecule has 0 N–H and O–H groups in total. The Hall–Kier alpha value is -2.47. The number of hydrogen-bond donors (Lipinski definition) is 0. The van der Waals surface area contributed by atoms with E-state index < -0.39 is 6.61 Å². The van der Waals surface area contributed by atoms with Gasteiger partial charge in [0.05, 0.1) is 6.04 Å². The second-order valence-electron chi connectivity index (χ2n) is 6.48. The molecule has 4 nitrogen and oxygen atoms in total. The van der Waals surface area contributed by atoms with Crippen LogP contribution in [-0.4, -0.2) is 37.1 Å². The van der Waals surface area contributed by atoms with Crippen molar-refractivity contribution in [3.8, 4) is 5.75 Å². The minimum Gasteiger partial charge on any atom is -0.435 e. The minimum absolute atomic E-state index is 0.0649. The Balaban J connectivity index is 1.62. The van der Waals surface area contributed by atoms with Gasteiger partial charge in [-0.05, 0) is 49.7 Å². The first-order valence-corrected chi connectivity index (χ1v) is 8.59. The van der Waals surface area contributed by atoms with Gasteiger partial charge in [-0.15, -0.1) is 0 Å². The summed E-state index contributed by atoms with van der Waals surface area (Å²) in [5, 5.41) is 0. The quantitative estimate of drug-likeness (QED) is 0.788. The largest absolute Gasteiger partial charge is 0.435 e. The smallest absolute Gasteiger partial charge is 0.387 e. The molecule has 1 aliphatic rings. The van der Waals surface area contributed by atoms with Crippen LogP contribution >= 0.6 is 0 Å². The fourth-order valence-corrected chi connectivity index (χ4v) is 3.18. The molecular weight excluding hydrogens is 338 g/mol. The Morgan fingerprint density at radius 1 is 1.19 bits per heavy atom. The van der Waals surface area contributed by atoms with Gasteiger partial charge in [-0.3, -0.25) is 9.69 Å². The molecule has 6 heteroatoms. The maximum atomic E-state index is 12.9. The van der Waals surface area contributed by atoms with Crippen LogP contribution < -0.4 is 9.64 Å². The summed E-state index contributed by atoms with van der Waals surface area (Å²) in [6.07, 6.45) is 0.879. The fraction of sp³-hybridized carbons (Fsp3) is 0.350. The molecule has 138 valence electrons. The Labute approximate surface area is 152 Å². The van der Waals surface area contributed by atoms with Gasteiger partial charge in [0.2, 0.25) is 5.91 Å². The summed E-state index contributed by atoms with van der Waals surface area (Å²) in [6, 6.07) is 14.2. The molecule has 0 radical (unpaired) electrons. The number of anilines is 1. The predicted molar refractivity (Wildman–Crippen MR) is 96.5 cm³/mol. The molecule has 0 aliphatic carbocycles. The van der Waals surface area contributed by atoms with Crippen LogP contribution in [0.15, 0.2) is 48.5 Å². The van der Waals surface area contributed by atoms with E-state index in [0.717, 1.165) is 17.7 Å². The Kier molecular flexibility index (Phi) is 5.52. The molecule has 2 aromatic rings. The number of carbonyl (C=O) groups is 1. The predicted octanol–water partition coefficient (Wildman–Crippen LogP) is 3.70. The number of likely N-dealkylation sites (N-methyl/N-ethyl adjacent to an activating group) is 1. The molecule has 0 aromatic heterocycles. The first-order valence-electron chi connectivity index (χ1n) is 8.59. The maximum Gasteiger partial charge on any atom is 0.387 e. The molecule has 0 fully saturated rings. The van der Waals surface area contributed by atoms with Crippen molar-refractivity contribution in [2.45, 2.75) is 32.5 Å². The zero-order chi connectivity index (χ0) is 18.7. The lowest BCUT2D eigenvalue weighted by Crippen LogP contribution is -2.45. The third kappa shape index (κ3) is 4.02. The van der Waals surface area contributed by atoms with Crippen molar-refractivity contribution in [3.05, 3.63) is 59.7 Å². The first-order chi connectivity index (χ1) is 12.5. The molecule has 1 aliphatic heterocycles. The molecule has 1 amide bonds. The summed E-state index contributed by atoms with van der Waals surface area (Å²) in [6.45, 7) is 0.301. The number of nitrogens with zero attached hydrogens (tertiary/aromatic N) is 2. The van der Waals surface area contributed by atoms with Crippen molar-refractivity contribution in [2.24, 2.45) is 0 Å². The average molecular weight is 360 g/mol. The number of amides is 1. The van der Waals surface area contributed by atoms with Gasteiger partial charge in [-0.2, -0.15) is 8.78 Å². The van der Waals surface area contributed by atoms with E-state index >= 15 is 0 Å². The van der Waals surface area contributed by atoms with E-state index in [-0.39, 0.29) is 17.7 Å². The third-order valence-electron chi connectivity index (χ3n) is 4.75. The molecule has 1 unspecified atom stereocenters. The molecule has 26 heavy (non-hydrogen) atoms. The van der Waals surface area contributed by atoms with E-state index in [1.807, 2.05) is 42.0 Å². The monoisotopic (exact) mass is 360 g/mol. The highest BCUT2D eigenvalue weighted by Crippen LogP contribution is 2.28. The lowest BCUT2D eigenvalue weighted by atomic mass is 10.1. The number of fused-ring (bicyclic) bond motifs is 1. The standard InChI is InChI=1S/C20H22F2N2O2/c1-14(19(25)24-12-11-16-5-3-4-6-18(16)24)23(2)13-15-7-9-17(10-8-15)26-20(21)22/h3-10,14,20H,11-13H2,1-2H3. The number of ether oxygens (including phenoxy) is 1. The van der Waals surface area contributed by atoms with E-state index in [9.17, 15) is 13.6 Å². The van der Waals surface area contributed by atoms with Crippen molar-refractivity contribution in [1.29, 1.82) is 0 Å². The Morgan fingerprint density at radius 2 is 1.88 bits per heavy atom. The molecular formula is C20H22F2N2O2. The van der Waals surface area contributed by atoms with Crippen LogP contribution in [0.25, 0.3) is 0 Å². The number of halogens is 2. The molecule has 0 saturated heterocycles. The Bertz CT molecular complexity index is 765. The van der Waals surface area contributed by atoms with Crippen molar-refractivity contribution in [3.63, 3.8) is 0 Å². The molecule has 1 atom stereocenters. The van der Waals surface area contributed by atoms with Crippen LogP contribution in [0.1, 0.15) is 18.1 Å². The molecule has 0 spiro atoms. The van der Waals surface area contributed by atoms with Gasteiger partial charge >= 0.3 is 6.61 Å². The van der Waals surface area contributed by atoms with Crippen LogP contribution in [0.5, 0.6) is 5.75 Å². The molecule has 1 heterocycles. The second-order valence-corrected chi connectivity index (χ2v) is 6.48. The van der Waals surface area contributed by atoms with E-state index in [1.165, 1.54) is 17.7 Å². The van der Waals surface area contributed by atoms with E-state index in [2.05, 4.69) is 10.8 Å². The lowest BCUT2D eigenvalue weighted by molar-refractivity contribution is -0.122. The normalized spacial score (nSPS) is 14.6. The minimum atomic E-state index is -2.83. The fourth-order valence-electron chi connectivity index (χ4n) is 3.18. The van der Waals surface area contributed by atoms with Crippen molar-refractivity contribution in [2.75, 3.05) is 18.5 Å². The van der Waals surface area contributed by atoms with Crippen LogP contribution in [0.4, 0.5) is 14.5 Å². The molecule has 3 rings (SSSR count). The zero-order valence-corrected chi connectivity index (χ0v) is 14.9. The van der Waals surface area contributed by atoms with Crippen LogP contribution in [-0.2, 0) is 17.8 Å². The van der Waals surface area contributed by atoms with Gasteiger partial charge in [0.15, 0.2) is 0 Å². The van der Waals surface area contributed by atoms with Crippen molar-refractivity contribution in [1.82, 2.24) is 4.90 Å². The summed E-state index contributed by atoms with van der Waals surface area (Å²) in [4.78, 5) is 16.7. The number of hydrogen-bond acceptors (Lipinski definition) is 3. The topological polar surface area (TPSA) is 32.8 Å². The molecule has 0 saturated carbocycles. The zero-order valence-electron chi connectivity index (χ0n) is 14.9. The van der Waals surface area contributed by atoms with Crippen molar-refractivity contribution < 1.29 is 18.3 Å². The number of benzene rings is 2.